The molecule has 3 rings (SSSR count). The van der Waals surface area contributed by atoms with E-state index >= 15 is 0 Å². The van der Waals surface area contributed by atoms with Gasteiger partial charge in [0.25, 0.3) is 0 Å². The second kappa shape index (κ2) is 8.09. The molecule has 1 aliphatic rings. The number of nitrogens with one attached hydrogen (secondary N) is 2. The van der Waals surface area contributed by atoms with Crippen molar-refractivity contribution >= 4 is 34.7 Å². The standard InChI is InChI=1S/C18H20ClN3O3/c1-24-17-7-6-13(19)12-15(17)21-18(23)20-14-4-2-3-5-16(14)22-8-10-25-11-9-22/h2-7,12H,8-11H2,1H3,(H2,20,21,23). The third-order valence-electron chi connectivity index (χ3n) is 3.91. The lowest BCUT2D eigenvalue weighted by Crippen LogP contribution is -2.37. The Balaban J connectivity index is 1.74. The van der Waals surface area contributed by atoms with Crippen LogP contribution in [0.5, 0.6) is 5.75 Å². The van der Waals surface area contributed by atoms with Crippen molar-refractivity contribution in [2.75, 3.05) is 48.9 Å². The van der Waals surface area contributed by atoms with Gasteiger partial charge in [0.1, 0.15) is 5.75 Å². The van der Waals surface area contributed by atoms with Gasteiger partial charge in [0.15, 0.2) is 0 Å². The molecule has 25 heavy (non-hydrogen) atoms. The number of carbonyl (C=O) groups is 1. The fraction of sp³-hybridized carbons (Fsp3) is 0.278. The van der Waals surface area contributed by atoms with Crippen LogP contribution in [0.1, 0.15) is 0 Å². The summed E-state index contributed by atoms with van der Waals surface area (Å²) in [6.45, 7) is 2.95. The van der Waals surface area contributed by atoms with Crippen LogP contribution >= 0.6 is 11.6 Å². The lowest BCUT2D eigenvalue weighted by molar-refractivity contribution is 0.123. The molecule has 6 nitrogen and oxygen atoms in total. The van der Waals surface area contributed by atoms with Gasteiger partial charge in [0.2, 0.25) is 0 Å². The van der Waals surface area contributed by atoms with E-state index in [9.17, 15) is 4.79 Å². The van der Waals surface area contributed by atoms with E-state index in [0.29, 0.717) is 29.7 Å². The van der Waals surface area contributed by atoms with Gasteiger partial charge in [-0.25, -0.2) is 4.79 Å². The van der Waals surface area contributed by atoms with E-state index in [4.69, 9.17) is 21.1 Å². The van der Waals surface area contributed by atoms with Crippen LogP contribution < -0.4 is 20.3 Å². The first-order chi connectivity index (χ1) is 12.2. The number of methoxy groups -OCH3 is 1. The number of urea groups is 1. The fourth-order valence-electron chi connectivity index (χ4n) is 2.71. The molecule has 0 unspecified atom stereocenters. The summed E-state index contributed by atoms with van der Waals surface area (Å²) in [4.78, 5) is 14.6. The molecule has 0 aromatic heterocycles. The Bertz CT molecular complexity index is 748. The van der Waals surface area contributed by atoms with Gasteiger partial charge in [-0.3, -0.25) is 0 Å². The van der Waals surface area contributed by atoms with E-state index in [-0.39, 0.29) is 6.03 Å². The molecule has 132 valence electrons. The van der Waals surface area contributed by atoms with Gasteiger partial charge in [0.05, 0.1) is 37.4 Å². The highest BCUT2D eigenvalue weighted by molar-refractivity contribution is 6.31. The van der Waals surface area contributed by atoms with Crippen molar-refractivity contribution in [1.29, 1.82) is 0 Å². The normalized spacial score (nSPS) is 14.1. The quantitative estimate of drug-likeness (QED) is 0.868. The van der Waals surface area contributed by atoms with E-state index in [1.165, 1.54) is 0 Å². The van der Waals surface area contributed by atoms with E-state index < -0.39 is 0 Å². The van der Waals surface area contributed by atoms with Crippen LogP contribution in [0.25, 0.3) is 0 Å². The predicted octanol–water partition coefficient (Wildman–Crippen LogP) is 3.83. The number of para-hydroxylation sites is 2. The van der Waals surface area contributed by atoms with Gasteiger partial charge in [-0.2, -0.15) is 0 Å². The number of halogens is 1. The molecular formula is C18H20ClN3O3. The maximum atomic E-state index is 12.4. The number of carbonyl (C=O) groups excluding carboxylic acids is 1. The zero-order valence-corrected chi connectivity index (χ0v) is 14.7. The molecular weight excluding hydrogens is 342 g/mol. The van der Waals surface area contributed by atoms with Crippen molar-refractivity contribution in [3.63, 3.8) is 0 Å². The second-order valence-corrected chi connectivity index (χ2v) is 5.98. The first-order valence-corrected chi connectivity index (χ1v) is 8.38. The smallest absolute Gasteiger partial charge is 0.323 e. The number of ether oxygens (including phenoxy) is 2. The van der Waals surface area contributed by atoms with E-state index in [0.717, 1.165) is 24.5 Å². The van der Waals surface area contributed by atoms with Crippen molar-refractivity contribution in [1.82, 2.24) is 0 Å². The molecule has 0 saturated carbocycles. The Labute approximate surface area is 151 Å². The second-order valence-electron chi connectivity index (χ2n) is 5.54. The molecule has 1 fully saturated rings. The van der Waals surface area contributed by atoms with Crippen molar-refractivity contribution < 1.29 is 14.3 Å². The first-order valence-electron chi connectivity index (χ1n) is 8.00. The fourth-order valence-corrected chi connectivity index (χ4v) is 2.89. The van der Waals surface area contributed by atoms with Crippen LogP contribution in [0.3, 0.4) is 0 Å². The van der Waals surface area contributed by atoms with Crippen molar-refractivity contribution in [3.8, 4) is 5.75 Å². The summed E-state index contributed by atoms with van der Waals surface area (Å²) in [7, 11) is 1.54. The maximum absolute atomic E-state index is 12.4. The van der Waals surface area contributed by atoms with Gasteiger partial charge < -0.3 is 25.0 Å². The third-order valence-corrected chi connectivity index (χ3v) is 4.15. The maximum Gasteiger partial charge on any atom is 0.323 e. The lowest BCUT2D eigenvalue weighted by Gasteiger charge is -2.30. The molecule has 0 spiro atoms. The summed E-state index contributed by atoms with van der Waals surface area (Å²) < 4.78 is 10.6. The molecule has 0 aliphatic carbocycles. The summed E-state index contributed by atoms with van der Waals surface area (Å²) in [5.74, 6) is 0.543. The Hall–Kier alpha value is -2.44. The Morgan fingerprint density at radius 1 is 1.12 bits per heavy atom. The number of morpholine rings is 1. The average molecular weight is 362 g/mol. The predicted molar refractivity (Wildman–Crippen MR) is 100 cm³/mol. The minimum atomic E-state index is -0.360. The number of benzene rings is 2. The zero-order valence-electron chi connectivity index (χ0n) is 13.9. The average Bonchev–Trinajstić information content (AvgIpc) is 2.63. The molecule has 1 heterocycles. The van der Waals surface area contributed by atoms with E-state index in [1.807, 2.05) is 24.3 Å². The monoisotopic (exact) mass is 361 g/mol. The number of hydrogen-bond acceptors (Lipinski definition) is 4. The molecule has 7 heteroatoms. The molecule has 0 atom stereocenters. The Morgan fingerprint density at radius 2 is 1.84 bits per heavy atom. The highest BCUT2D eigenvalue weighted by Crippen LogP contribution is 2.29. The molecule has 1 aliphatic heterocycles. The molecule has 2 amide bonds. The van der Waals surface area contributed by atoms with Crippen molar-refractivity contribution in [2.24, 2.45) is 0 Å². The molecule has 2 aromatic rings. The zero-order chi connectivity index (χ0) is 17.6. The first kappa shape index (κ1) is 17.4. The van der Waals surface area contributed by atoms with Crippen LogP contribution in [0.2, 0.25) is 5.02 Å². The summed E-state index contributed by atoms with van der Waals surface area (Å²) in [5, 5.41) is 6.19. The van der Waals surface area contributed by atoms with Gasteiger partial charge in [-0.15, -0.1) is 0 Å². The minimum absolute atomic E-state index is 0.360. The van der Waals surface area contributed by atoms with E-state index in [1.54, 1.807) is 25.3 Å². The number of nitrogens with zero attached hydrogens (tertiary/aromatic N) is 1. The van der Waals surface area contributed by atoms with Crippen LogP contribution in [0, 0.1) is 0 Å². The third kappa shape index (κ3) is 4.35. The topological polar surface area (TPSA) is 62.8 Å². The van der Waals surface area contributed by atoms with Gasteiger partial charge in [-0.1, -0.05) is 23.7 Å². The lowest BCUT2D eigenvalue weighted by atomic mass is 10.2. The summed E-state index contributed by atoms with van der Waals surface area (Å²) in [5.41, 5.74) is 2.22. The summed E-state index contributed by atoms with van der Waals surface area (Å²) in [6, 6.07) is 12.4. The highest BCUT2D eigenvalue weighted by atomic mass is 35.5. The summed E-state index contributed by atoms with van der Waals surface area (Å²) in [6.07, 6.45) is 0. The van der Waals surface area contributed by atoms with Crippen LogP contribution in [-0.4, -0.2) is 39.4 Å². The van der Waals surface area contributed by atoms with Crippen molar-refractivity contribution in [3.05, 3.63) is 47.5 Å². The molecule has 2 aromatic carbocycles. The van der Waals surface area contributed by atoms with Gasteiger partial charge in [0, 0.05) is 18.1 Å². The number of amides is 2. The van der Waals surface area contributed by atoms with Gasteiger partial charge >= 0.3 is 6.03 Å². The van der Waals surface area contributed by atoms with E-state index in [2.05, 4.69) is 15.5 Å². The Morgan fingerprint density at radius 3 is 2.60 bits per heavy atom. The van der Waals surface area contributed by atoms with Crippen LogP contribution in [0.15, 0.2) is 42.5 Å². The van der Waals surface area contributed by atoms with Gasteiger partial charge in [-0.05, 0) is 30.3 Å². The van der Waals surface area contributed by atoms with Crippen LogP contribution in [-0.2, 0) is 4.74 Å². The minimum Gasteiger partial charge on any atom is -0.495 e. The van der Waals surface area contributed by atoms with Crippen molar-refractivity contribution in [2.45, 2.75) is 0 Å². The molecule has 0 radical (unpaired) electrons. The molecule has 2 N–H and O–H groups in total. The highest BCUT2D eigenvalue weighted by Gasteiger charge is 2.16. The molecule has 0 bridgehead atoms. The number of anilines is 3. The SMILES string of the molecule is COc1ccc(Cl)cc1NC(=O)Nc1ccccc1N1CCOCC1. The number of rotatable bonds is 4. The van der Waals surface area contributed by atoms with Crippen LogP contribution in [0.4, 0.5) is 21.9 Å². The largest absolute Gasteiger partial charge is 0.495 e. The summed E-state index contributed by atoms with van der Waals surface area (Å²) >= 11 is 6.00. The Kier molecular flexibility index (Phi) is 5.63. The molecule has 1 saturated heterocycles. The number of hydrogen-bond donors (Lipinski definition) is 2.